The molecule has 5 atom stereocenters. The molecule has 1 aliphatic carbocycles. The van der Waals surface area contributed by atoms with Gasteiger partial charge in [-0.05, 0) is 38.7 Å². The van der Waals surface area contributed by atoms with E-state index in [0.717, 1.165) is 5.69 Å². The van der Waals surface area contributed by atoms with Gasteiger partial charge in [-0.2, -0.15) is 5.10 Å². The lowest BCUT2D eigenvalue weighted by molar-refractivity contribution is 0.0236. The fraction of sp³-hybridized carbons (Fsp3) is 0.824. The second-order valence-corrected chi connectivity index (χ2v) is 6.98. The Balaban J connectivity index is 1.63. The van der Waals surface area contributed by atoms with Crippen molar-refractivity contribution in [3.8, 4) is 0 Å². The van der Waals surface area contributed by atoms with E-state index < -0.39 is 0 Å². The van der Waals surface area contributed by atoms with Gasteiger partial charge in [0, 0.05) is 18.5 Å². The third kappa shape index (κ3) is 3.02. The first-order chi connectivity index (χ1) is 10.1. The zero-order chi connectivity index (χ0) is 15.0. The monoisotopic (exact) mass is 292 g/mol. The van der Waals surface area contributed by atoms with E-state index in [-0.39, 0.29) is 24.2 Å². The van der Waals surface area contributed by atoms with Crippen LogP contribution in [0.2, 0.25) is 0 Å². The molecule has 0 spiro atoms. The Kier molecular flexibility index (Phi) is 4.36. The van der Waals surface area contributed by atoms with Crippen molar-refractivity contribution in [2.24, 2.45) is 11.8 Å². The normalized spacial score (nSPS) is 35.4. The molecule has 2 heterocycles. The van der Waals surface area contributed by atoms with E-state index in [1.807, 2.05) is 0 Å². The third-order valence-electron chi connectivity index (χ3n) is 5.54. The summed E-state index contributed by atoms with van der Waals surface area (Å²) in [7, 11) is 0. The molecule has 5 unspecified atom stereocenters. The Morgan fingerprint density at radius 1 is 1.29 bits per heavy atom. The smallest absolute Gasteiger partial charge is 0.0652 e. The molecule has 21 heavy (non-hydrogen) atoms. The second-order valence-electron chi connectivity index (χ2n) is 6.98. The van der Waals surface area contributed by atoms with Crippen LogP contribution in [0.15, 0.2) is 12.3 Å². The predicted molar refractivity (Wildman–Crippen MR) is 82.1 cm³/mol. The number of ether oxygens (including phenoxy) is 1. The standard InChI is InChI=1S/C17H28N2O2/c1-11-12(2)21-13(3)17(11)16(20)10-14-8-9-19(18-14)15-6-4-5-7-15/h8-9,11-13,15-17,20H,4-7,10H2,1-3H3. The maximum Gasteiger partial charge on any atom is 0.0652 e. The number of hydrogen-bond acceptors (Lipinski definition) is 3. The highest BCUT2D eigenvalue weighted by Gasteiger charge is 2.41. The number of rotatable bonds is 4. The van der Waals surface area contributed by atoms with Crippen LogP contribution >= 0.6 is 0 Å². The molecule has 2 aliphatic rings. The van der Waals surface area contributed by atoms with Gasteiger partial charge in [0.15, 0.2) is 0 Å². The van der Waals surface area contributed by atoms with E-state index >= 15 is 0 Å². The van der Waals surface area contributed by atoms with E-state index in [1.165, 1.54) is 25.7 Å². The van der Waals surface area contributed by atoms with Crippen LogP contribution in [0.1, 0.15) is 58.2 Å². The zero-order valence-electron chi connectivity index (χ0n) is 13.4. The van der Waals surface area contributed by atoms with Crippen LogP contribution in [0.25, 0.3) is 0 Å². The first kappa shape index (κ1) is 15.0. The molecule has 0 bridgehead atoms. The third-order valence-corrected chi connectivity index (χ3v) is 5.54. The highest BCUT2D eigenvalue weighted by atomic mass is 16.5. The average Bonchev–Trinajstić information content (AvgIpc) is 3.11. The lowest BCUT2D eigenvalue weighted by Gasteiger charge is -2.24. The van der Waals surface area contributed by atoms with Gasteiger partial charge in [0.1, 0.15) is 0 Å². The first-order valence-corrected chi connectivity index (χ1v) is 8.44. The zero-order valence-corrected chi connectivity index (χ0v) is 13.4. The van der Waals surface area contributed by atoms with E-state index in [9.17, 15) is 5.11 Å². The van der Waals surface area contributed by atoms with Crippen molar-refractivity contribution in [2.45, 2.75) is 77.2 Å². The maximum atomic E-state index is 10.6. The van der Waals surface area contributed by atoms with E-state index in [4.69, 9.17) is 4.74 Å². The molecule has 4 nitrogen and oxygen atoms in total. The van der Waals surface area contributed by atoms with Crippen molar-refractivity contribution < 1.29 is 9.84 Å². The largest absolute Gasteiger partial charge is 0.392 e. The van der Waals surface area contributed by atoms with Crippen molar-refractivity contribution in [3.05, 3.63) is 18.0 Å². The van der Waals surface area contributed by atoms with Crippen molar-refractivity contribution in [1.29, 1.82) is 0 Å². The van der Waals surface area contributed by atoms with E-state index in [1.54, 1.807) is 0 Å². The molecule has 2 fully saturated rings. The molecule has 1 aromatic heterocycles. The van der Waals surface area contributed by atoms with Gasteiger partial charge in [-0.25, -0.2) is 0 Å². The van der Waals surface area contributed by atoms with Gasteiger partial charge in [0.2, 0.25) is 0 Å². The van der Waals surface area contributed by atoms with Crippen LogP contribution in [0.4, 0.5) is 0 Å². The van der Waals surface area contributed by atoms with Gasteiger partial charge in [0.05, 0.1) is 30.0 Å². The molecule has 118 valence electrons. The van der Waals surface area contributed by atoms with Crippen LogP contribution in [0, 0.1) is 11.8 Å². The SMILES string of the molecule is CC1OC(C)C(C(O)Cc2ccn(C3CCCC3)n2)C1C. The summed E-state index contributed by atoms with van der Waals surface area (Å²) in [5, 5.41) is 15.3. The van der Waals surface area contributed by atoms with E-state index in [2.05, 4.69) is 42.8 Å². The van der Waals surface area contributed by atoms with Crippen LogP contribution in [0.5, 0.6) is 0 Å². The summed E-state index contributed by atoms with van der Waals surface area (Å²) in [5.74, 6) is 0.601. The molecular weight excluding hydrogens is 264 g/mol. The number of aromatic nitrogens is 2. The molecule has 1 aromatic rings. The van der Waals surface area contributed by atoms with Crippen LogP contribution in [-0.2, 0) is 11.2 Å². The second kappa shape index (κ2) is 6.09. The summed E-state index contributed by atoms with van der Waals surface area (Å²) in [6, 6.07) is 2.64. The summed E-state index contributed by atoms with van der Waals surface area (Å²) in [6.07, 6.45) is 7.82. The van der Waals surface area contributed by atoms with Gasteiger partial charge in [0.25, 0.3) is 0 Å². The molecule has 1 saturated carbocycles. The van der Waals surface area contributed by atoms with Gasteiger partial charge in [-0.15, -0.1) is 0 Å². The Bertz CT molecular complexity index is 467. The maximum absolute atomic E-state index is 10.6. The molecule has 1 aliphatic heterocycles. The number of aliphatic hydroxyl groups excluding tert-OH is 1. The van der Waals surface area contributed by atoms with Gasteiger partial charge in [-0.3, -0.25) is 4.68 Å². The minimum atomic E-state index is -0.369. The van der Waals surface area contributed by atoms with Crippen LogP contribution in [-0.4, -0.2) is 33.2 Å². The number of hydrogen-bond donors (Lipinski definition) is 1. The van der Waals surface area contributed by atoms with Gasteiger partial charge < -0.3 is 9.84 Å². The van der Waals surface area contributed by atoms with Crippen LogP contribution < -0.4 is 0 Å². The number of aliphatic hydroxyl groups is 1. The number of nitrogens with zero attached hydrogens (tertiary/aromatic N) is 2. The Morgan fingerprint density at radius 2 is 2.00 bits per heavy atom. The Labute approximate surface area is 127 Å². The topological polar surface area (TPSA) is 47.3 Å². The molecule has 4 heteroatoms. The average molecular weight is 292 g/mol. The summed E-state index contributed by atoms with van der Waals surface area (Å²) in [6.45, 7) is 6.35. The summed E-state index contributed by atoms with van der Waals surface area (Å²) >= 11 is 0. The van der Waals surface area contributed by atoms with Crippen molar-refractivity contribution >= 4 is 0 Å². The van der Waals surface area contributed by atoms with Crippen molar-refractivity contribution in [3.63, 3.8) is 0 Å². The molecule has 0 aromatic carbocycles. The summed E-state index contributed by atoms with van der Waals surface area (Å²) < 4.78 is 7.95. The van der Waals surface area contributed by atoms with E-state index in [0.29, 0.717) is 18.4 Å². The Hall–Kier alpha value is -0.870. The summed E-state index contributed by atoms with van der Waals surface area (Å²) in [4.78, 5) is 0. The van der Waals surface area contributed by atoms with Crippen molar-refractivity contribution in [1.82, 2.24) is 9.78 Å². The molecule has 3 rings (SSSR count). The molecule has 1 saturated heterocycles. The quantitative estimate of drug-likeness (QED) is 0.928. The molecule has 1 N–H and O–H groups in total. The van der Waals surface area contributed by atoms with Gasteiger partial charge in [-0.1, -0.05) is 19.8 Å². The highest BCUT2D eigenvalue weighted by molar-refractivity contribution is 5.04. The fourth-order valence-electron chi connectivity index (χ4n) is 4.17. The summed E-state index contributed by atoms with van der Waals surface area (Å²) in [5.41, 5.74) is 1.01. The first-order valence-electron chi connectivity index (χ1n) is 8.44. The lowest BCUT2D eigenvalue weighted by atomic mass is 9.83. The highest BCUT2D eigenvalue weighted by Crippen LogP contribution is 2.35. The van der Waals surface area contributed by atoms with Crippen molar-refractivity contribution in [2.75, 3.05) is 0 Å². The van der Waals surface area contributed by atoms with Crippen LogP contribution in [0.3, 0.4) is 0 Å². The minimum Gasteiger partial charge on any atom is -0.392 e. The fourth-order valence-corrected chi connectivity index (χ4v) is 4.17. The predicted octanol–water partition coefficient (Wildman–Crippen LogP) is 2.96. The molecule has 0 radical (unpaired) electrons. The lowest BCUT2D eigenvalue weighted by Crippen LogP contribution is -2.32. The Morgan fingerprint density at radius 3 is 2.62 bits per heavy atom. The van der Waals surface area contributed by atoms with Gasteiger partial charge >= 0.3 is 0 Å². The minimum absolute atomic E-state index is 0.127. The molecule has 0 amide bonds. The molecular formula is C17H28N2O2.